The van der Waals surface area contributed by atoms with E-state index in [9.17, 15) is 17.6 Å². The molecular formula is C11H15F4N5. The van der Waals surface area contributed by atoms with Gasteiger partial charge in [-0.05, 0) is 0 Å². The van der Waals surface area contributed by atoms with E-state index in [-0.39, 0.29) is 31.6 Å². The second kappa shape index (κ2) is 4.06. The number of rotatable bonds is 2. The number of nitrogens with one attached hydrogen (secondary N) is 2. The minimum absolute atomic E-state index is 0.207. The molecule has 0 aromatic heterocycles. The molecule has 0 radical (unpaired) electrons. The van der Waals surface area contributed by atoms with Crippen LogP contribution in [0.4, 0.5) is 17.6 Å². The maximum atomic E-state index is 12.9. The molecule has 0 aromatic carbocycles. The Bertz CT molecular complexity index is 461. The second-order valence-corrected chi connectivity index (χ2v) is 5.71. The van der Waals surface area contributed by atoms with Crippen molar-refractivity contribution in [3.05, 3.63) is 0 Å². The number of guanidine groups is 1. The number of hydrogen-bond acceptors (Lipinski definition) is 3. The van der Waals surface area contributed by atoms with Crippen LogP contribution in [0.3, 0.4) is 0 Å². The van der Waals surface area contributed by atoms with Crippen LogP contribution in [0, 0.1) is 5.92 Å². The highest BCUT2D eigenvalue weighted by atomic mass is 19.3. The largest absolute Gasteiger partial charge is 0.319 e. The summed E-state index contributed by atoms with van der Waals surface area (Å²) in [7, 11) is 0. The third-order valence-corrected chi connectivity index (χ3v) is 3.89. The SMILES string of the molecule is NC1(C2CC(F)(F)C2)N=CNC(=NC2CC(F)(F)C2)N1. The van der Waals surface area contributed by atoms with Gasteiger partial charge in [0.05, 0.1) is 12.4 Å². The molecule has 112 valence electrons. The van der Waals surface area contributed by atoms with Gasteiger partial charge in [0, 0.05) is 31.6 Å². The predicted molar refractivity (Wildman–Crippen MR) is 64.8 cm³/mol. The lowest BCUT2D eigenvalue weighted by Gasteiger charge is -2.46. The van der Waals surface area contributed by atoms with E-state index >= 15 is 0 Å². The number of alkyl halides is 4. The van der Waals surface area contributed by atoms with E-state index in [1.807, 2.05) is 0 Å². The lowest BCUT2D eigenvalue weighted by atomic mass is 9.76. The molecule has 0 aromatic rings. The number of aliphatic imine (C=N–C) groups is 2. The Morgan fingerprint density at radius 1 is 1.15 bits per heavy atom. The molecule has 1 heterocycles. The van der Waals surface area contributed by atoms with Crippen LogP contribution in [-0.2, 0) is 0 Å². The molecule has 3 rings (SSSR count). The third-order valence-electron chi connectivity index (χ3n) is 3.89. The molecule has 9 heteroatoms. The summed E-state index contributed by atoms with van der Waals surface area (Å²) >= 11 is 0. The average Bonchev–Trinajstić information content (AvgIpc) is 2.23. The van der Waals surface area contributed by atoms with Crippen molar-refractivity contribution in [3.8, 4) is 0 Å². The van der Waals surface area contributed by atoms with Gasteiger partial charge in [0.25, 0.3) is 5.92 Å². The monoisotopic (exact) mass is 293 g/mol. The topological polar surface area (TPSA) is 74.8 Å². The molecule has 5 nitrogen and oxygen atoms in total. The number of hydrogen-bond donors (Lipinski definition) is 3. The second-order valence-electron chi connectivity index (χ2n) is 5.71. The van der Waals surface area contributed by atoms with E-state index in [4.69, 9.17) is 5.73 Å². The molecule has 2 saturated carbocycles. The van der Waals surface area contributed by atoms with E-state index < -0.39 is 29.6 Å². The van der Waals surface area contributed by atoms with E-state index in [1.165, 1.54) is 6.34 Å². The Hall–Kier alpha value is -1.38. The fourth-order valence-corrected chi connectivity index (χ4v) is 2.61. The van der Waals surface area contributed by atoms with Crippen molar-refractivity contribution in [1.29, 1.82) is 0 Å². The molecular weight excluding hydrogens is 278 g/mol. The summed E-state index contributed by atoms with van der Waals surface area (Å²) in [4.78, 5) is 8.01. The highest BCUT2D eigenvalue weighted by Gasteiger charge is 2.55. The normalized spacial score (nSPS) is 37.8. The van der Waals surface area contributed by atoms with Gasteiger partial charge in [0.1, 0.15) is 0 Å². The Labute approximate surface area is 112 Å². The van der Waals surface area contributed by atoms with Gasteiger partial charge in [0.2, 0.25) is 5.92 Å². The van der Waals surface area contributed by atoms with Gasteiger partial charge in [-0.2, -0.15) is 0 Å². The zero-order valence-corrected chi connectivity index (χ0v) is 10.5. The fraction of sp³-hybridized carbons (Fsp3) is 0.818. The molecule has 20 heavy (non-hydrogen) atoms. The Balaban J connectivity index is 1.64. The van der Waals surface area contributed by atoms with Crippen LogP contribution < -0.4 is 16.4 Å². The quantitative estimate of drug-likeness (QED) is 0.665. The Morgan fingerprint density at radius 3 is 2.30 bits per heavy atom. The summed E-state index contributed by atoms with van der Waals surface area (Å²) in [6.07, 6.45) is -0.0417. The standard InChI is InChI=1S/C11H15F4N5/c12-9(13)1-6(2-9)11(16)18-5-17-8(20-11)19-7-3-10(14,15)4-7/h5-7H,1-4,16H2,(H2,17,18,19,20). The van der Waals surface area contributed by atoms with E-state index in [1.54, 1.807) is 0 Å². The highest BCUT2D eigenvalue weighted by molar-refractivity contribution is 5.92. The fourth-order valence-electron chi connectivity index (χ4n) is 2.61. The van der Waals surface area contributed by atoms with Crippen molar-refractivity contribution in [1.82, 2.24) is 10.6 Å². The van der Waals surface area contributed by atoms with Gasteiger partial charge < -0.3 is 10.6 Å². The first-order valence-electron chi connectivity index (χ1n) is 6.38. The lowest BCUT2D eigenvalue weighted by molar-refractivity contribution is -0.132. The summed E-state index contributed by atoms with van der Waals surface area (Å²) < 4.78 is 51.3. The molecule has 0 spiro atoms. The molecule has 4 N–H and O–H groups in total. The molecule has 1 aliphatic heterocycles. The summed E-state index contributed by atoms with van der Waals surface area (Å²) in [5, 5.41) is 5.40. The average molecular weight is 293 g/mol. The molecule has 0 amide bonds. The summed E-state index contributed by atoms with van der Waals surface area (Å²) in [5.41, 5.74) is 5.95. The summed E-state index contributed by atoms with van der Waals surface area (Å²) in [6.45, 7) is 0. The summed E-state index contributed by atoms with van der Waals surface area (Å²) in [5.74, 6) is -7.01. The molecule has 2 fully saturated rings. The van der Waals surface area contributed by atoms with Crippen molar-refractivity contribution in [2.24, 2.45) is 21.6 Å². The van der Waals surface area contributed by atoms with Crippen LogP contribution in [0.15, 0.2) is 9.98 Å². The third kappa shape index (κ3) is 2.46. The van der Waals surface area contributed by atoms with Crippen LogP contribution in [-0.4, -0.2) is 36.0 Å². The van der Waals surface area contributed by atoms with Crippen molar-refractivity contribution >= 4 is 12.3 Å². The van der Waals surface area contributed by atoms with Crippen LogP contribution in [0.2, 0.25) is 0 Å². The highest BCUT2D eigenvalue weighted by Crippen LogP contribution is 2.46. The van der Waals surface area contributed by atoms with Gasteiger partial charge in [-0.25, -0.2) is 27.5 Å². The minimum atomic E-state index is -2.70. The van der Waals surface area contributed by atoms with Crippen molar-refractivity contribution in [3.63, 3.8) is 0 Å². The van der Waals surface area contributed by atoms with Gasteiger partial charge in [0.15, 0.2) is 11.7 Å². The molecule has 2 aliphatic carbocycles. The van der Waals surface area contributed by atoms with Crippen LogP contribution >= 0.6 is 0 Å². The van der Waals surface area contributed by atoms with E-state index in [0.29, 0.717) is 0 Å². The number of nitrogens with zero attached hydrogens (tertiary/aromatic N) is 2. The smallest absolute Gasteiger partial charge is 0.252 e. The van der Waals surface area contributed by atoms with Crippen LogP contribution in [0.25, 0.3) is 0 Å². The maximum absolute atomic E-state index is 12.9. The van der Waals surface area contributed by atoms with Crippen molar-refractivity contribution < 1.29 is 17.6 Å². The lowest BCUT2D eigenvalue weighted by Crippen LogP contribution is -2.68. The molecule has 1 atom stereocenters. The molecule has 0 bridgehead atoms. The first-order valence-corrected chi connectivity index (χ1v) is 6.38. The molecule has 3 aliphatic rings. The zero-order valence-electron chi connectivity index (χ0n) is 10.5. The number of halogens is 4. The van der Waals surface area contributed by atoms with E-state index in [0.717, 1.165) is 0 Å². The Morgan fingerprint density at radius 2 is 1.75 bits per heavy atom. The van der Waals surface area contributed by atoms with Gasteiger partial charge >= 0.3 is 0 Å². The van der Waals surface area contributed by atoms with Crippen LogP contribution in [0.5, 0.6) is 0 Å². The minimum Gasteiger partial charge on any atom is -0.319 e. The first-order chi connectivity index (χ1) is 9.18. The Kier molecular flexibility index (Phi) is 2.76. The van der Waals surface area contributed by atoms with Gasteiger partial charge in [-0.15, -0.1) is 0 Å². The number of nitrogens with two attached hydrogens (primary N) is 1. The van der Waals surface area contributed by atoms with Crippen molar-refractivity contribution in [2.75, 3.05) is 0 Å². The first kappa shape index (κ1) is 13.6. The maximum Gasteiger partial charge on any atom is 0.252 e. The van der Waals surface area contributed by atoms with Gasteiger partial charge in [-0.1, -0.05) is 0 Å². The van der Waals surface area contributed by atoms with Crippen molar-refractivity contribution in [2.45, 2.75) is 49.4 Å². The predicted octanol–water partition coefficient (Wildman–Crippen LogP) is 1.02. The van der Waals surface area contributed by atoms with E-state index in [2.05, 4.69) is 20.6 Å². The molecule has 0 saturated heterocycles. The molecule has 1 unspecified atom stereocenters. The van der Waals surface area contributed by atoms with Gasteiger partial charge in [-0.3, -0.25) is 5.73 Å². The summed E-state index contributed by atoms with van der Waals surface area (Å²) in [6, 6.07) is -0.487. The zero-order chi connectivity index (χ0) is 14.6. The van der Waals surface area contributed by atoms with Crippen LogP contribution in [0.1, 0.15) is 25.7 Å².